The van der Waals surface area contributed by atoms with E-state index in [1.54, 1.807) is 0 Å². The summed E-state index contributed by atoms with van der Waals surface area (Å²) in [6.07, 6.45) is 0. The van der Waals surface area contributed by atoms with Gasteiger partial charge < -0.3 is 10.3 Å². The second-order valence-corrected chi connectivity index (χ2v) is 6.90. The van der Waals surface area contributed by atoms with Gasteiger partial charge in [0.15, 0.2) is 5.16 Å². The Morgan fingerprint density at radius 3 is 2.58 bits per heavy atom. The second-order valence-electron chi connectivity index (χ2n) is 5.94. The summed E-state index contributed by atoms with van der Waals surface area (Å²) in [4.78, 5) is 31.2. The number of anilines is 1. The Hall–Kier alpha value is -2.86. The molecule has 0 bridgehead atoms. The quantitative estimate of drug-likeness (QED) is 0.533. The predicted octanol–water partition coefficient (Wildman–Crippen LogP) is 3.78. The van der Waals surface area contributed by atoms with E-state index in [-0.39, 0.29) is 17.2 Å². The molecule has 1 aromatic heterocycles. The molecule has 1 amide bonds. The Balaban J connectivity index is 1.67. The molecule has 1 heterocycles. The number of aromatic amines is 1. The lowest BCUT2D eigenvalue weighted by Crippen LogP contribution is -2.15. The molecule has 3 rings (SSSR count). The van der Waals surface area contributed by atoms with Crippen molar-refractivity contribution in [3.8, 4) is 11.3 Å². The molecular formula is C20H19N3O2S. The van der Waals surface area contributed by atoms with E-state index in [0.29, 0.717) is 10.9 Å². The van der Waals surface area contributed by atoms with E-state index < -0.39 is 0 Å². The molecule has 5 nitrogen and oxygen atoms in total. The number of aromatic nitrogens is 2. The Bertz CT molecular complexity index is 984. The van der Waals surface area contributed by atoms with Crippen molar-refractivity contribution in [1.29, 1.82) is 0 Å². The molecule has 0 unspecified atom stereocenters. The van der Waals surface area contributed by atoms with Gasteiger partial charge in [0.1, 0.15) is 0 Å². The highest BCUT2D eigenvalue weighted by atomic mass is 32.2. The van der Waals surface area contributed by atoms with E-state index in [2.05, 4.69) is 15.3 Å². The monoisotopic (exact) mass is 365 g/mol. The van der Waals surface area contributed by atoms with Crippen molar-refractivity contribution in [2.45, 2.75) is 19.0 Å². The first-order valence-electron chi connectivity index (χ1n) is 8.18. The minimum Gasteiger partial charge on any atom is -0.325 e. The average molecular weight is 365 g/mol. The van der Waals surface area contributed by atoms with Gasteiger partial charge in [-0.15, -0.1) is 0 Å². The number of aryl methyl sites for hydroxylation is 2. The number of thioether (sulfide) groups is 1. The van der Waals surface area contributed by atoms with Crippen LogP contribution in [0.25, 0.3) is 11.3 Å². The molecule has 0 fully saturated rings. The minimum atomic E-state index is -0.240. The summed E-state index contributed by atoms with van der Waals surface area (Å²) in [5.41, 5.74) is 4.27. The maximum Gasteiger partial charge on any atom is 0.252 e. The highest BCUT2D eigenvalue weighted by molar-refractivity contribution is 7.99. The van der Waals surface area contributed by atoms with Crippen LogP contribution in [0.3, 0.4) is 0 Å². The summed E-state index contributed by atoms with van der Waals surface area (Å²) in [6, 6.07) is 16.7. The van der Waals surface area contributed by atoms with Crippen molar-refractivity contribution < 1.29 is 4.79 Å². The lowest BCUT2D eigenvalue weighted by Gasteiger charge is -2.08. The smallest absolute Gasteiger partial charge is 0.252 e. The molecule has 0 radical (unpaired) electrons. The Kier molecular flexibility index (Phi) is 5.53. The van der Waals surface area contributed by atoms with Gasteiger partial charge >= 0.3 is 0 Å². The topological polar surface area (TPSA) is 74.8 Å². The zero-order valence-corrected chi connectivity index (χ0v) is 15.4. The van der Waals surface area contributed by atoms with E-state index in [0.717, 1.165) is 16.8 Å². The van der Waals surface area contributed by atoms with E-state index in [1.165, 1.54) is 23.4 Å². The molecule has 2 aromatic carbocycles. The first-order valence-corrected chi connectivity index (χ1v) is 9.16. The number of carbonyl (C=O) groups is 1. The van der Waals surface area contributed by atoms with E-state index in [9.17, 15) is 9.59 Å². The van der Waals surface area contributed by atoms with Crippen LogP contribution in [0.1, 0.15) is 11.1 Å². The number of H-pyrrole nitrogens is 1. The van der Waals surface area contributed by atoms with Crippen LogP contribution < -0.4 is 10.9 Å². The number of benzene rings is 2. The van der Waals surface area contributed by atoms with Gasteiger partial charge in [-0.25, -0.2) is 4.98 Å². The van der Waals surface area contributed by atoms with Gasteiger partial charge in [-0.05, 0) is 37.1 Å². The fraction of sp³-hybridized carbons (Fsp3) is 0.150. The van der Waals surface area contributed by atoms with Crippen molar-refractivity contribution in [3.63, 3.8) is 0 Å². The van der Waals surface area contributed by atoms with Crippen molar-refractivity contribution in [1.82, 2.24) is 9.97 Å². The Morgan fingerprint density at radius 2 is 1.85 bits per heavy atom. The molecule has 0 saturated carbocycles. The normalized spacial score (nSPS) is 10.5. The van der Waals surface area contributed by atoms with Crippen molar-refractivity contribution in [2.75, 3.05) is 11.1 Å². The third kappa shape index (κ3) is 4.61. The van der Waals surface area contributed by atoms with Gasteiger partial charge in [-0.3, -0.25) is 9.59 Å². The SMILES string of the molecule is Cc1ccc(NC(=O)CSc2nc(-c3ccccc3)cc(=O)[nH]2)cc1C. The molecule has 0 saturated heterocycles. The summed E-state index contributed by atoms with van der Waals surface area (Å²) in [7, 11) is 0. The van der Waals surface area contributed by atoms with Gasteiger partial charge in [0.05, 0.1) is 11.4 Å². The van der Waals surface area contributed by atoms with Crippen molar-refractivity contribution >= 4 is 23.4 Å². The Morgan fingerprint density at radius 1 is 1.08 bits per heavy atom. The number of hydrogen-bond donors (Lipinski definition) is 2. The van der Waals surface area contributed by atoms with Crippen LogP contribution in [0, 0.1) is 13.8 Å². The highest BCUT2D eigenvalue weighted by Crippen LogP contribution is 2.19. The van der Waals surface area contributed by atoms with Crippen LogP contribution in [0.5, 0.6) is 0 Å². The fourth-order valence-electron chi connectivity index (χ4n) is 2.41. The standard InChI is InChI=1S/C20H19N3O2S/c1-13-8-9-16(10-14(13)2)21-19(25)12-26-20-22-17(11-18(24)23-20)15-6-4-3-5-7-15/h3-11H,12H2,1-2H3,(H,21,25)(H,22,23,24). The van der Waals surface area contributed by atoms with Gasteiger partial charge in [-0.1, -0.05) is 48.2 Å². The third-order valence-electron chi connectivity index (χ3n) is 3.92. The van der Waals surface area contributed by atoms with Gasteiger partial charge in [0, 0.05) is 17.3 Å². The molecule has 6 heteroatoms. The van der Waals surface area contributed by atoms with Crippen LogP contribution in [0.4, 0.5) is 5.69 Å². The molecule has 0 aliphatic carbocycles. The van der Waals surface area contributed by atoms with Gasteiger partial charge in [0.25, 0.3) is 5.56 Å². The van der Waals surface area contributed by atoms with Crippen molar-refractivity contribution in [2.24, 2.45) is 0 Å². The molecule has 0 spiro atoms. The fourth-order valence-corrected chi connectivity index (χ4v) is 3.09. The summed E-state index contributed by atoms with van der Waals surface area (Å²) in [6.45, 7) is 4.03. The maximum atomic E-state index is 12.2. The summed E-state index contributed by atoms with van der Waals surface area (Å²) in [5, 5.41) is 3.28. The largest absolute Gasteiger partial charge is 0.325 e. The lowest BCUT2D eigenvalue weighted by atomic mass is 10.1. The maximum absolute atomic E-state index is 12.2. The van der Waals surface area contributed by atoms with E-state index in [1.807, 2.05) is 62.4 Å². The first-order chi connectivity index (χ1) is 12.5. The number of hydrogen-bond acceptors (Lipinski definition) is 4. The predicted molar refractivity (Wildman–Crippen MR) is 106 cm³/mol. The molecular weight excluding hydrogens is 346 g/mol. The number of amides is 1. The number of carbonyl (C=O) groups excluding carboxylic acids is 1. The number of nitrogens with one attached hydrogen (secondary N) is 2. The summed E-state index contributed by atoms with van der Waals surface area (Å²) < 4.78 is 0. The zero-order valence-electron chi connectivity index (χ0n) is 14.6. The van der Waals surface area contributed by atoms with Crippen LogP contribution >= 0.6 is 11.8 Å². The summed E-state index contributed by atoms with van der Waals surface area (Å²) >= 11 is 1.20. The molecule has 0 aliphatic heterocycles. The highest BCUT2D eigenvalue weighted by Gasteiger charge is 2.08. The molecule has 0 atom stereocenters. The first kappa shape index (κ1) is 17.9. The average Bonchev–Trinajstić information content (AvgIpc) is 2.63. The molecule has 2 N–H and O–H groups in total. The lowest BCUT2D eigenvalue weighted by molar-refractivity contribution is -0.113. The van der Waals surface area contributed by atoms with E-state index >= 15 is 0 Å². The van der Waals surface area contributed by atoms with Crippen LogP contribution in [0.2, 0.25) is 0 Å². The van der Waals surface area contributed by atoms with Crippen LogP contribution in [-0.4, -0.2) is 21.6 Å². The second kappa shape index (κ2) is 8.01. The molecule has 0 aliphatic rings. The molecule has 132 valence electrons. The van der Waals surface area contributed by atoms with Gasteiger partial charge in [-0.2, -0.15) is 0 Å². The van der Waals surface area contributed by atoms with Crippen LogP contribution in [0.15, 0.2) is 64.5 Å². The van der Waals surface area contributed by atoms with E-state index in [4.69, 9.17) is 0 Å². The molecule has 26 heavy (non-hydrogen) atoms. The van der Waals surface area contributed by atoms with Crippen molar-refractivity contribution in [3.05, 3.63) is 76.1 Å². The number of nitrogens with zero attached hydrogens (tertiary/aromatic N) is 1. The summed E-state index contributed by atoms with van der Waals surface area (Å²) in [5.74, 6) is 0.0136. The minimum absolute atomic E-state index is 0.147. The number of rotatable bonds is 5. The van der Waals surface area contributed by atoms with Crippen LogP contribution in [-0.2, 0) is 4.79 Å². The zero-order chi connectivity index (χ0) is 18.5. The molecule has 3 aromatic rings. The Labute approximate surface area is 155 Å². The van der Waals surface area contributed by atoms with Gasteiger partial charge in [0.2, 0.25) is 5.91 Å². The third-order valence-corrected chi connectivity index (χ3v) is 4.79.